The number of likely N-dealkylation sites (tertiary alicyclic amines) is 1. The van der Waals surface area contributed by atoms with E-state index in [0.717, 1.165) is 0 Å². The van der Waals surface area contributed by atoms with E-state index in [2.05, 4.69) is 5.32 Å². The van der Waals surface area contributed by atoms with E-state index in [-0.39, 0.29) is 34.8 Å². The lowest BCUT2D eigenvalue weighted by Gasteiger charge is -2.42. The summed E-state index contributed by atoms with van der Waals surface area (Å²) in [4.78, 5) is 41.0. The second kappa shape index (κ2) is 10.7. The van der Waals surface area contributed by atoms with Crippen molar-refractivity contribution in [1.29, 1.82) is 0 Å². The molecule has 11 heteroatoms. The molecule has 0 saturated carbocycles. The summed E-state index contributed by atoms with van der Waals surface area (Å²) in [6.45, 7) is 9.86. The number of anilines is 2. The number of fused-ring (bicyclic) bond motifs is 1. The number of carboxylic acid groups (broad SMARTS) is 1. The van der Waals surface area contributed by atoms with Gasteiger partial charge in [-0.15, -0.1) is 0 Å². The van der Waals surface area contributed by atoms with Crippen LogP contribution in [0.2, 0.25) is 5.02 Å². The van der Waals surface area contributed by atoms with E-state index in [1.54, 1.807) is 40.7 Å². The van der Waals surface area contributed by atoms with E-state index < -0.39 is 29.0 Å². The SMILES string of the molecule is CCN(C(=O)OC(C)(C)C)c1cc(F)cc2c1NC(=O)[C@]2(C)N1CCCC(Oc2ccc(C(=O)O)c(Cl)c2)C1. The van der Waals surface area contributed by atoms with E-state index in [1.807, 2.05) is 4.90 Å². The molecular weight excluding hydrogens is 529 g/mol. The molecule has 0 spiro atoms. The van der Waals surface area contributed by atoms with Gasteiger partial charge in [-0.2, -0.15) is 0 Å². The Morgan fingerprint density at radius 2 is 2.00 bits per heavy atom. The van der Waals surface area contributed by atoms with Gasteiger partial charge in [0.25, 0.3) is 0 Å². The first-order valence-electron chi connectivity index (χ1n) is 12.8. The first-order chi connectivity index (χ1) is 18.2. The molecule has 0 aliphatic carbocycles. The highest BCUT2D eigenvalue weighted by atomic mass is 35.5. The molecule has 0 bridgehead atoms. The number of hydrogen-bond acceptors (Lipinski definition) is 6. The van der Waals surface area contributed by atoms with Crippen LogP contribution in [0.3, 0.4) is 0 Å². The molecule has 2 aromatic carbocycles. The molecule has 39 heavy (non-hydrogen) atoms. The fourth-order valence-electron chi connectivity index (χ4n) is 5.08. The number of halogens is 2. The molecule has 2 aromatic rings. The van der Waals surface area contributed by atoms with Crippen molar-refractivity contribution >= 4 is 40.9 Å². The molecule has 0 aromatic heterocycles. The zero-order valence-corrected chi connectivity index (χ0v) is 23.4. The van der Waals surface area contributed by atoms with Crippen molar-refractivity contribution < 1.29 is 33.4 Å². The van der Waals surface area contributed by atoms with Gasteiger partial charge in [-0.3, -0.25) is 14.6 Å². The Bertz CT molecular complexity index is 1310. The van der Waals surface area contributed by atoms with Crippen LogP contribution < -0.4 is 15.0 Å². The maximum Gasteiger partial charge on any atom is 0.414 e. The average molecular weight is 562 g/mol. The van der Waals surface area contributed by atoms with E-state index in [4.69, 9.17) is 21.1 Å². The van der Waals surface area contributed by atoms with Crippen LogP contribution in [0.15, 0.2) is 30.3 Å². The number of ether oxygens (including phenoxy) is 2. The Balaban J connectivity index is 1.63. The number of nitrogens with zero attached hydrogens (tertiary/aromatic N) is 2. The first-order valence-corrected chi connectivity index (χ1v) is 13.2. The lowest BCUT2D eigenvalue weighted by Crippen LogP contribution is -2.54. The predicted octanol–water partition coefficient (Wildman–Crippen LogP) is 5.65. The Hall–Kier alpha value is -3.37. The molecule has 210 valence electrons. The smallest absolute Gasteiger partial charge is 0.414 e. The van der Waals surface area contributed by atoms with Crippen molar-refractivity contribution in [2.24, 2.45) is 0 Å². The lowest BCUT2D eigenvalue weighted by atomic mass is 9.88. The fourth-order valence-corrected chi connectivity index (χ4v) is 5.33. The van der Waals surface area contributed by atoms with Crippen molar-refractivity contribution in [3.05, 3.63) is 52.3 Å². The Labute approximate surface area is 231 Å². The summed E-state index contributed by atoms with van der Waals surface area (Å²) in [5.74, 6) is -1.62. The topological polar surface area (TPSA) is 108 Å². The van der Waals surface area contributed by atoms with Crippen molar-refractivity contribution in [1.82, 2.24) is 4.90 Å². The highest BCUT2D eigenvalue weighted by molar-refractivity contribution is 6.33. The highest BCUT2D eigenvalue weighted by Gasteiger charge is 2.50. The van der Waals surface area contributed by atoms with Crippen LogP contribution in [-0.2, 0) is 15.1 Å². The molecule has 2 atom stereocenters. The molecule has 1 fully saturated rings. The van der Waals surface area contributed by atoms with Gasteiger partial charge in [0.2, 0.25) is 5.91 Å². The van der Waals surface area contributed by atoms with E-state index in [0.29, 0.717) is 42.9 Å². The van der Waals surface area contributed by atoms with Gasteiger partial charge in [0.05, 0.1) is 22.0 Å². The Kier molecular flexibility index (Phi) is 7.82. The normalized spacial score (nSPS) is 21.2. The average Bonchev–Trinajstić information content (AvgIpc) is 3.09. The summed E-state index contributed by atoms with van der Waals surface area (Å²) >= 11 is 6.10. The number of carboxylic acids is 1. The summed E-state index contributed by atoms with van der Waals surface area (Å²) in [7, 11) is 0. The van der Waals surface area contributed by atoms with Crippen molar-refractivity contribution in [2.45, 2.75) is 64.7 Å². The van der Waals surface area contributed by atoms with Crippen LogP contribution in [0.25, 0.3) is 0 Å². The molecule has 1 unspecified atom stereocenters. The van der Waals surface area contributed by atoms with Gasteiger partial charge in [0.15, 0.2) is 0 Å². The van der Waals surface area contributed by atoms with Crippen molar-refractivity contribution in [2.75, 3.05) is 29.9 Å². The van der Waals surface area contributed by atoms with Crippen molar-refractivity contribution in [3.63, 3.8) is 0 Å². The fraction of sp³-hybridized carbons (Fsp3) is 0.464. The third-order valence-corrected chi connectivity index (χ3v) is 7.31. The monoisotopic (exact) mass is 561 g/mol. The largest absolute Gasteiger partial charge is 0.489 e. The number of nitrogens with one attached hydrogen (secondary N) is 1. The minimum absolute atomic E-state index is 0.0219. The number of amides is 2. The molecule has 2 aliphatic rings. The standard InChI is InChI=1S/C28H33ClFN3O6/c1-6-33(26(37)39-27(2,3)4)22-13-16(30)12-20-23(22)31-25(36)28(20,5)32-11-7-8-18(15-32)38-17-9-10-19(24(34)35)21(29)14-17/h9-10,12-14,18H,6-8,11,15H2,1-5H3,(H,31,36)(H,34,35)/t18?,28-/m1/s1. The lowest BCUT2D eigenvalue weighted by molar-refractivity contribution is -0.128. The van der Waals surface area contributed by atoms with Gasteiger partial charge < -0.3 is 19.9 Å². The summed E-state index contributed by atoms with van der Waals surface area (Å²) in [5.41, 5.74) is -0.954. The molecule has 2 aliphatic heterocycles. The van der Waals surface area contributed by atoms with Crippen LogP contribution in [0.5, 0.6) is 5.75 Å². The van der Waals surface area contributed by atoms with Crippen LogP contribution in [0.1, 0.15) is 63.4 Å². The Morgan fingerprint density at radius 3 is 2.62 bits per heavy atom. The quantitative estimate of drug-likeness (QED) is 0.469. The van der Waals surface area contributed by atoms with Gasteiger partial charge in [0.1, 0.15) is 28.8 Å². The first kappa shape index (κ1) is 28.6. The molecule has 2 heterocycles. The zero-order valence-electron chi connectivity index (χ0n) is 22.6. The molecule has 2 N–H and O–H groups in total. The van der Waals surface area contributed by atoms with Crippen LogP contribution in [0, 0.1) is 5.82 Å². The number of rotatable bonds is 6. The van der Waals surface area contributed by atoms with Gasteiger partial charge in [-0.1, -0.05) is 11.6 Å². The molecule has 2 amide bonds. The zero-order chi connectivity index (χ0) is 28.7. The van der Waals surface area contributed by atoms with Crippen LogP contribution in [-0.4, -0.2) is 59.3 Å². The third kappa shape index (κ3) is 5.67. The number of aromatic carboxylic acids is 1. The number of carbonyl (C=O) groups excluding carboxylic acids is 2. The van der Waals surface area contributed by atoms with Gasteiger partial charge in [-0.05, 0) is 84.3 Å². The summed E-state index contributed by atoms with van der Waals surface area (Å²) in [5, 5.41) is 12.2. The molecule has 1 saturated heterocycles. The van der Waals surface area contributed by atoms with Gasteiger partial charge in [0, 0.05) is 18.7 Å². The Morgan fingerprint density at radius 1 is 1.28 bits per heavy atom. The number of benzene rings is 2. The number of carbonyl (C=O) groups is 3. The summed E-state index contributed by atoms with van der Waals surface area (Å²) in [6.07, 6.45) is 0.460. The van der Waals surface area contributed by atoms with Crippen molar-refractivity contribution in [3.8, 4) is 5.75 Å². The maximum absolute atomic E-state index is 15.0. The minimum atomic E-state index is -1.22. The summed E-state index contributed by atoms with van der Waals surface area (Å²) < 4.78 is 26.7. The van der Waals surface area contributed by atoms with Gasteiger partial charge in [-0.25, -0.2) is 14.0 Å². The van der Waals surface area contributed by atoms with E-state index >= 15 is 4.39 Å². The molecule has 0 radical (unpaired) electrons. The van der Waals surface area contributed by atoms with Crippen LogP contribution in [0.4, 0.5) is 20.6 Å². The molecule has 9 nitrogen and oxygen atoms in total. The summed E-state index contributed by atoms with van der Waals surface area (Å²) in [6, 6.07) is 6.95. The number of piperidine rings is 1. The van der Waals surface area contributed by atoms with E-state index in [9.17, 15) is 19.5 Å². The third-order valence-electron chi connectivity index (χ3n) is 6.99. The second-order valence-electron chi connectivity index (χ2n) is 10.9. The van der Waals surface area contributed by atoms with E-state index in [1.165, 1.54) is 29.2 Å². The molecular formula is C28H33ClFN3O6. The van der Waals surface area contributed by atoms with Gasteiger partial charge >= 0.3 is 12.1 Å². The number of hydrogen-bond donors (Lipinski definition) is 2. The maximum atomic E-state index is 15.0. The van der Waals surface area contributed by atoms with Crippen LogP contribution >= 0.6 is 11.6 Å². The highest BCUT2D eigenvalue weighted by Crippen LogP contribution is 2.47. The minimum Gasteiger partial charge on any atom is -0.489 e. The second-order valence-corrected chi connectivity index (χ2v) is 11.3. The predicted molar refractivity (Wildman–Crippen MR) is 145 cm³/mol. The molecule has 4 rings (SSSR count).